The van der Waals surface area contributed by atoms with E-state index in [1.165, 1.54) is 51.5 Å². The van der Waals surface area contributed by atoms with Gasteiger partial charge in [-0.15, -0.1) is 0 Å². The minimum Gasteiger partial charge on any atom is -0.481 e. The van der Waals surface area contributed by atoms with Crippen molar-refractivity contribution in [3.63, 3.8) is 0 Å². The highest BCUT2D eigenvalue weighted by Gasteiger charge is 2.43. The molecule has 0 aliphatic carbocycles. The summed E-state index contributed by atoms with van der Waals surface area (Å²) in [5.74, 6) is -18.6. The SMILES string of the molecule is CC[C@@H]1CC(=O)[C@H]([C@@H](C)O)NC(=O)[C@@H](CC(=O)[C@H](C)N)CSCCS(=O)(=O)N2CCN(CN(C)C2)S(=O)(=O)CCSC[C@@H](C(N)=O)NC(=O)[C@@H]2CCCN2C(=O)[C@H](C(C)C)NC(=O)[C@H](Cc2c[nH]c3ccccc23)NC(=O)CNC(=O)[C@H](CC(=O)O)NC(=O)[C@H](C(C)C)NC(=O)[C@H](Cc2c[nH]c3ccccc23)NC(=O)[C@H](C)NC1=O. The Hall–Kier alpha value is -9.10. The number of hydrogen-bond acceptors (Lipinski definition) is 23. The van der Waals surface area contributed by atoms with Gasteiger partial charge in [0.2, 0.25) is 85.0 Å². The minimum atomic E-state index is -4.13. The fraction of sp³-hybridized carbons (Fsp3) is 0.595. The Kier molecular flexibility index (Phi) is 34.5. The van der Waals surface area contributed by atoms with Crippen molar-refractivity contribution in [3.05, 3.63) is 72.1 Å². The first-order chi connectivity index (χ1) is 54.2. The number of aliphatic carboxylic acids is 1. The van der Waals surface area contributed by atoms with Crippen LogP contribution in [-0.4, -0.2) is 286 Å². The zero-order valence-electron chi connectivity index (χ0n) is 65.9. The van der Waals surface area contributed by atoms with Crippen molar-refractivity contribution in [3.8, 4) is 0 Å². The number of fused-ring (bicyclic) bond motifs is 6. The summed E-state index contributed by atoms with van der Waals surface area (Å²) < 4.78 is 58.0. The van der Waals surface area contributed by atoms with Crippen molar-refractivity contribution in [1.29, 1.82) is 0 Å². The highest BCUT2D eigenvalue weighted by Crippen LogP contribution is 2.26. The Balaban J connectivity index is 1.16. The number of nitrogens with two attached hydrogens (primary N) is 2. The standard InChI is InChI=1S/C74H109N17O20S4/c1-10-45-30-59(94)64(44(8)92)87-68(101)48(31-58(93)42(6)75)36-112-24-26-114(108,109)89-22-23-90(39-88(9)38-89)115(110,111)27-25-113-37-56(65(76)98)84-72(105)57-20-15-21-91(57)74(107)63(41(4)5)86-70(103)53(28-46-33-77-51-18-13-11-16-49(46)51)81-60(95)35-79-69(102)55(32-61(96)97)83-73(106)62(40(2)3)85-71(104)54(82-66(99)43(7)80-67(45)100)29-47-34-78-52-19-14-12-17-50(47)52/h11-14,16-19,33-34,40-45,48,53-57,62-64,77-78,92H,10,15,20-32,35-39,75H2,1-9H3,(H2,76,98)(H,79,102)(H,80,100)(H,81,95)(H,82,99)(H,83,106)(H,84,105)(H,85,104)(H,86,103)(H,87,101)(H,96,97)/t42-,43-,44+,45+,48-,53-,54-,55-,56-,57-,62-,63-,64-/m0/s1. The van der Waals surface area contributed by atoms with Gasteiger partial charge in [0.05, 0.1) is 55.9 Å². The van der Waals surface area contributed by atoms with Crippen LogP contribution in [0.25, 0.3) is 21.8 Å². The summed E-state index contributed by atoms with van der Waals surface area (Å²) in [7, 11) is -6.73. The van der Waals surface area contributed by atoms with Gasteiger partial charge in [-0.25, -0.2) is 16.8 Å². The summed E-state index contributed by atoms with van der Waals surface area (Å²) in [6.45, 7) is 9.99. The third-order valence-electron chi connectivity index (χ3n) is 20.2. The molecule has 3 fully saturated rings. The van der Waals surface area contributed by atoms with E-state index in [0.29, 0.717) is 39.4 Å². The maximum absolute atomic E-state index is 14.7. The number of rotatable bonds is 14. The molecular formula is C74H109N17O20S4. The number of primary amides is 1. The summed E-state index contributed by atoms with van der Waals surface area (Å²) in [6.07, 6.45) is -0.458. The number of carboxylic acids is 1. The maximum atomic E-state index is 14.7. The lowest BCUT2D eigenvalue weighted by molar-refractivity contribution is -0.143. The number of H-pyrrole nitrogens is 2. The number of aromatic nitrogens is 2. The van der Waals surface area contributed by atoms with Crippen LogP contribution in [0.2, 0.25) is 0 Å². The second kappa shape index (κ2) is 42.7. The molecule has 634 valence electrons. The molecule has 0 spiro atoms. The second-order valence-corrected chi connectivity index (χ2v) is 36.4. The highest BCUT2D eigenvalue weighted by atomic mass is 32.2. The van der Waals surface area contributed by atoms with E-state index in [9.17, 15) is 94.2 Å². The van der Waals surface area contributed by atoms with Gasteiger partial charge in [0.25, 0.3) is 0 Å². The summed E-state index contributed by atoms with van der Waals surface area (Å²) in [4.78, 5) is 205. The molecule has 37 nitrogen and oxygen atoms in total. The molecule has 15 atom stereocenters. The first-order valence-corrected chi connectivity index (χ1v) is 43.6. The van der Waals surface area contributed by atoms with Gasteiger partial charge < -0.3 is 84.4 Å². The summed E-state index contributed by atoms with van der Waals surface area (Å²) in [5.41, 5.74) is 14.1. The van der Waals surface area contributed by atoms with E-state index in [1.807, 2.05) is 0 Å². The number of benzene rings is 2. The van der Waals surface area contributed by atoms with E-state index in [-0.39, 0.29) is 81.7 Å². The summed E-state index contributed by atoms with van der Waals surface area (Å²) in [6, 6.07) is -0.401. The van der Waals surface area contributed by atoms with Crippen molar-refractivity contribution in [2.75, 3.05) is 81.1 Å². The first-order valence-electron chi connectivity index (χ1n) is 38.1. The molecule has 3 aliphatic rings. The Morgan fingerprint density at radius 1 is 0.591 bits per heavy atom. The van der Waals surface area contributed by atoms with E-state index in [4.69, 9.17) is 11.5 Å². The van der Waals surface area contributed by atoms with E-state index in [1.54, 1.807) is 81.7 Å². The normalized spacial score (nSPS) is 27.7. The van der Waals surface area contributed by atoms with Crippen LogP contribution < -0.4 is 59.3 Å². The minimum absolute atomic E-state index is 0.0158. The molecule has 2 unspecified atom stereocenters. The molecule has 5 heterocycles. The average Bonchev–Trinajstić information content (AvgIpc) is 1.70. The molecule has 115 heavy (non-hydrogen) atoms. The number of nitrogens with zero attached hydrogens (tertiary/aromatic N) is 4. The molecule has 2 aromatic carbocycles. The smallest absolute Gasteiger partial charge is 0.305 e. The van der Waals surface area contributed by atoms with E-state index in [2.05, 4.69) is 57.8 Å². The molecule has 2 aromatic heterocycles. The lowest BCUT2D eigenvalue weighted by Crippen LogP contribution is -2.60. The molecule has 11 amide bonds. The molecular weight excluding hydrogens is 1580 g/mol. The number of aliphatic hydroxyl groups excluding tert-OH is 1. The number of thioether (sulfide) groups is 2. The number of hydrogen-bond donors (Lipinski definition) is 15. The zero-order chi connectivity index (χ0) is 84.9. The van der Waals surface area contributed by atoms with Crippen LogP contribution in [0.5, 0.6) is 0 Å². The van der Waals surface area contributed by atoms with Crippen LogP contribution in [0, 0.1) is 23.7 Å². The predicted molar refractivity (Wildman–Crippen MR) is 429 cm³/mol. The zero-order valence-corrected chi connectivity index (χ0v) is 69.2. The number of nitrogens with one attached hydrogen (secondary N) is 11. The van der Waals surface area contributed by atoms with Crippen molar-refractivity contribution in [2.24, 2.45) is 35.1 Å². The monoisotopic (exact) mass is 1680 g/mol. The van der Waals surface area contributed by atoms with Gasteiger partial charge in [-0.2, -0.15) is 32.1 Å². The fourth-order valence-electron chi connectivity index (χ4n) is 13.4. The highest BCUT2D eigenvalue weighted by molar-refractivity contribution is 8.00. The number of carbonyl (C=O) groups excluding carboxylic acids is 13. The third-order valence-corrected chi connectivity index (χ3v) is 26.5. The molecule has 4 aromatic rings. The summed E-state index contributed by atoms with van der Waals surface area (Å²) in [5, 5.41) is 45.4. The molecule has 17 N–H and O–H groups in total. The number of carbonyl (C=O) groups is 14. The predicted octanol–water partition coefficient (Wildman–Crippen LogP) is -2.40. The topological polar surface area (TPSA) is 553 Å². The van der Waals surface area contributed by atoms with E-state index in [0.717, 1.165) is 32.1 Å². The largest absolute Gasteiger partial charge is 0.481 e. The Morgan fingerprint density at radius 3 is 1.63 bits per heavy atom. The third kappa shape index (κ3) is 26.5. The molecule has 7 rings (SSSR count). The molecule has 2 bridgehead atoms. The Bertz CT molecular complexity index is 4420. The Labute approximate surface area is 676 Å². The van der Waals surface area contributed by atoms with Gasteiger partial charge in [-0.05, 0) is 82.2 Å². The quantitative estimate of drug-likeness (QED) is 0.0626. The second-order valence-electron chi connectivity index (χ2n) is 30.0. The van der Waals surface area contributed by atoms with Gasteiger partial charge in [-0.3, -0.25) is 72.0 Å². The molecule has 0 saturated carbocycles. The first kappa shape index (κ1) is 93.1. The van der Waals surface area contributed by atoms with Crippen LogP contribution >= 0.6 is 23.5 Å². The van der Waals surface area contributed by atoms with E-state index >= 15 is 0 Å². The van der Waals surface area contributed by atoms with Crippen LogP contribution in [0.1, 0.15) is 105 Å². The van der Waals surface area contributed by atoms with Crippen molar-refractivity contribution in [2.45, 2.75) is 173 Å². The molecule has 3 saturated heterocycles. The number of para-hydroxylation sites is 2. The fourth-order valence-corrected chi connectivity index (χ4v) is 19.4. The van der Waals surface area contributed by atoms with Crippen molar-refractivity contribution in [1.82, 2.24) is 76.2 Å². The number of aliphatic hydroxyl groups is 1. The number of ketones is 2. The average molecular weight is 1690 g/mol. The van der Waals surface area contributed by atoms with Gasteiger partial charge in [-0.1, -0.05) is 71.0 Å². The lowest BCUT2D eigenvalue weighted by atomic mass is 9.92. The van der Waals surface area contributed by atoms with Crippen LogP contribution in [0.3, 0.4) is 0 Å². The number of amides is 11. The van der Waals surface area contributed by atoms with Gasteiger partial charge in [0, 0.05) is 108 Å². The number of carboxylic acid groups (broad SMARTS) is 1. The summed E-state index contributed by atoms with van der Waals surface area (Å²) >= 11 is 1.97. The molecule has 41 heteroatoms. The number of Topliss-reactive ketones (excluding diaryl/α,β-unsaturated/α-hetero) is 2. The van der Waals surface area contributed by atoms with Crippen molar-refractivity contribution >= 4 is 148 Å². The van der Waals surface area contributed by atoms with Crippen LogP contribution in [0.4, 0.5) is 0 Å². The van der Waals surface area contributed by atoms with Crippen LogP contribution in [-0.2, 0) is 100 Å². The van der Waals surface area contributed by atoms with Crippen LogP contribution in [0.15, 0.2) is 60.9 Å². The maximum Gasteiger partial charge on any atom is 0.305 e. The van der Waals surface area contributed by atoms with Gasteiger partial charge >= 0.3 is 5.97 Å². The number of aromatic amines is 2. The Morgan fingerprint density at radius 2 is 1.10 bits per heavy atom. The lowest BCUT2D eigenvalue weighted by Gasteiger charge is -2.32. The van der Waals surface area contributed by atoms with Gasteiger partial charge in [0.1, 0.15) is 60.2 Å². The number of sulfonamides is 2. The molecule has 0 radical (unpaired) electrons. The van der Waals surface area contributed by atoms with Gasteiger partial charge in [0.15, 0.2) is 5.78 Å². The van der Waals surface area contributed by atoms with Crippen molar-refractivity contribution < 1.29 is 94.2 Å². The van der Waals surface area contributed by atoms with E-state index < -0.39 is 230 Å². The molecule has 3 aliphatic heterocycles.